The number of hydrogen-bond acceptors (Lipinski definition) is 4. The molecule has 1 aliphatic rings. The second-order valence-corrected chi connectivity index (χ2v) is 4.67. The van der Waals surface area contributed by atoms with Crippen molar-refractivity contribution in [3.8, 4) is 0 Å². The van der Waals surface area contributed by atoms with Gasteiger partial charge in [-0.15, -0.1) is 0 Å². The molecule has 6 nitrogen and oxygen atoms in total. The molecule has 2 rings (SSSR count). The smallest absolute Gasteiger partial charge is 0.269 e. The van der Waals surface area contributed by atoms with Crippen LogP contribution in [0, 0.1) is 0 Å². The van der Waals surface area contributed by atoms with E-state index in [4.69, 9.17) is 5.73 Å². The number of carbonyl (C=O) groups excluding carboxylic acids is 1. The zero-order valence-electron chi connectivity index (χ0n) is 9.70. The normalized spacial score (nSPS) is 18.9. The first-order valence-corrected chi connectivity index (χ1v) is 5.91. The van der Waals surface area contributed by atoms with Gasteiger partial charge in [-0.2, -0.15) is 5.10 Å². The van der Waals surface area contributed by atoms with Crippen LogP contribution in [0.4, 0.5) is 5.82 Å². The average Bonchev–Trinajstić information content (AvgIpc) is 2.74. The van der Waals surface area contributed by atoms with Crippen molar-refractivity contribution in [1.29, 1.82) is 0 Å². The van der Waals surface area contributed by atoms with Crippen LogP contribution in [0.5, 0.6) is 0 Å². The number of aliphatic hydroxyl groups is 1. The van der Waals surface area contributed by atoms with E-state index in [1.807, 2.05) is 0 Å². The maximum atomic E-state index is 11.7. The Labute approximate surface area is 99.6 Å². The number of aromatic nitrogens is 2. The summed E-state index contributed by atoms with van der Waals surface area (Å²) in [6, 6.07) is 1.47. The fraction of sp³-hybridized carbons (Fsp3) is 0.636. The minimum absolute atomic E-state index is 0.282. The molecule has 1 fully saturated rings. The van der Waals surface area contributed by atoms with Gasteiger partial charge in [0.2, 0.25) is 0 Å². The number of anilines is 1. The molecule has 1 amide bonds. The van der Waals surface area contributed by atoms with Gasteiger partial charge in [-0.1, -0.05) is 19.3 Å². The standard InChI is InChI=1S/C11H18N4O2/c12-9-6-8(14-15-9)10(16)13-7-11(17)4-2-1-3-5-11/h6,17H,1-5,7H2,(H,13,16)(H3,12,14,15). The van der Waals surface area contributed by atoms with E-state index in [2.05, 4.69) is 15.5 Å². The van der Waals surface area contributed by atoms with Gasteiger partial charge >= 0.3 is 0 Å². The van der Waals surface area contributed by atoms with Crippen LogP contribution >= 0.6 is 0 Å². The third kappa shape index (κ3) is 2.97. The fourth-order valence-corrected chi connectivity index (χ4v) is 2.18. The summed E-state index contributed by atoms with van der Waals surface area (Å²) in [6.07, 6.45) is 4.69. The predicted molar refractivity (Wildman–Crippen MR) is 63.4 cm³/mol. The van der Waals surface area contributed by atoms with Gasteiger partial charge in [-0.05, 0) is 12.8 Å². The van der Waals surface area contributed by atoms with E-state index in [1.54, 1.807) is 0 Å². The number of carbonyl (C=O) groups is 1. The number of H-pyrrole nitrogens is 1. The maximum Gasteiger partial charge on any atom is 0.269 e. The molecule has 1 aromatic rings. The molecule has 0 radical (unpaired) electrons. The van der Waals surface area contributed by atoms with Crippen molar-refractivity contribution in [3.63, 3.8) is 0 Å². The van der Waals surface area contributed by atoms with Crippen LogP contribution in [0.15, 0.2) is 6.07 Å². The number of nitrogen functional groups attached to an aromatic ring is 1. The number of nitrogens with two attached hydrogens (primary N) is 1. The quantitative estimate of drug-likeness (QED) is 0.612. The maximum absolute atomic E-state index is 11.7. The van der Waals surface area contributed by atoms with E-state index in [9.17, 15) is 9.90 Å². The summed E-state index contributed by atoms with van der Waals surface area (Å²) in [5, 5.41) is 19.1. The molecule has 0 saturated heterocycles. The fourth-order valence-electron chi connectivity index (χ4n) is 2.18. The van der Waals surface area contributed by atoms with Gasteiger partial charge in [0.05, 0.1) is 5.60 Å². The van der Waals surface area contributed by atoms with Gasteiger partial charge in [0, 0.05) is 12.6 Å². The van der Waals surface area contributed by atoms with E-state index >= 15 is 0 Å². The first kappa shape index (κ1) is 11.9. The Bertz CT molecular complexity index is 396. The Kier molecular flexibility index (Phi) is 3.33. The summed E-state index contributed by atoms with van der Waals surface area (Å²) >= 11 is 0. The monoisotopic (exact) mass is 238 g/mol. The SMILES string of the molecule is Nc1cc(C(=O)NCC2(O)CCCCC2)[nH]n1. The molecule has 1 aromatic heterocycles. The van der Waals surface area contributed by atoms with Crippen LogP contribution in [0.3, 0.4) is 0 Å². The van der Waals surface area contributed by atoms with Crippen molar-refractivity contribution in [2.45, 2.75) is 37.7 Å². The van der Waals surface area contributed by atoms with Crippen molar-refractivity contribution in [2.24, 2.45) is 0 Å². The molecule has 1 saturated carbocycles. The van der Waals surface area contributed by atoms with Crippen molar-refractivity contribution in [1.82, 2.24) is 15.5 Å². The molecule has 17 heavy (non-hydrogen) atoms. The predicted octanol–water partition coefficient (Wildman–Crippen LogP) is 0.417. The highest BCUT2D eigenvalue weighted by Crippen LogP contribution is 2.27. The molecule has 0 bridgehead atoms. The highest BCUT2D eigenvalue weighted by Gasteiger charge is 2.29. The Morgan fingerprint density at radius 3 is 2.82 bits per heavy atom. The minimum atomic E-state index is -0.751. The Morgan fingerprint density at radius 1 is 1.53 bits per heavy atom. The average molecular weight is 238 g/mol. The van der Waals surface area contributed by atoms with Crippen molar-refractivity contribution in [3.05, 3.63) is 11.8 Å². The van der Waals surface area contributed by atoms with Gasteiger partial charge in [0.15, 0.2) is 0 Å². The molecule has 5 N–H and O–H groups in total. The molecule has 6 heteroatoms. The van der Waals surface area contributed by atoms with E-state index in [0.29, 0.717) is 5.69 Å². The number of hydrogen-bond donors (Lipinski definition) is 4. The van der Waals surface area contributed by atoms with Crippen LogP contribution in [0.1, 0.15) is 42.6 Å². The highest BCUT2D eigenvalue weighted by molar-refractivity contribution is 5.92. The Hall–Kier alpha value is -1.56. The topological polar surface area (TPSA) is 104 Å². The summed E-state index contributed by atoms with van der Waals surface area (Å²) in [4.78, 5) is 11.7. The largest absolute Gasteiger partial charge is 0.388 e. The number of amides is 1. The van der Waals surface area contributed by atoms with Gasteiger partial charge in [0.25, 0.3) is 5.91 Å². The molecule has 0 unspecified atom stereocenters. The molecule has 0 aliphatic heterocycles. The lowest BCUT2D eigenvalue weighted by molar-refractivity contribution is 0.00521. The van der Waals surface area contributed by atoms with Crippen LogP contribution in [-0.4, -0.2) is 33.4 Å². The Morgan fingerprint density at radius 2 is 2.24 bits per heavy atom. The molecular formula is C11H18N4O2. The number of aromatic amines is 1. The third-order valence-electron chi connectivity index (χ3n) is 3.20. The first-order chi connectivity index (χ1) is 8.09. The van der Waals surface area contributed by atoms with E-state index in [0.717, 1.165) is 32.1 Å². The number of nitrogens with zero attached hydrogens (tertiary/aromatic N) is 1. The molecule has 94 valence electrons. The first-order valence-electron chi connectivity index (χ1n) is 5.91. The summed E-state index contributed by atoms with van der Waals surface area (Å²) in [5.41, 5.74) is 4.98. The van der Waals surface area contributed by atoms with Crippen molar-refractivity contribution < 1.29 is 9.90 Å². The summed E-state index contributed by atoms with van der Waals surface area (Å²) in [5.74, 6) is -0.000253. The van der Waals surface area contributed by atoms with Crippen LogP contribution < -0.4 is 11.1 Å². The molecule has 1 aliphatic carbocycles. The molecule has 1 heterocycles. The van der Waals surface area contributed by atoms with Crippen molar-refractivity contribution in [2.75, 3.05) is 12.3 Å². The number of nitrogens with one attached hydrogen (secondary N) is 2. The lowest BCUT2D eigenvalue weighted by Gasteiger charge is -2.31. The van der Waals surface area contributed by atoms with Gasteiger partial charge in [-0.3, -0.25) is 9.89 Å². The zero-order valence-corrected chi connectivity index (χ0v) is 9.70. The summed E-state index contributed by atoms with van der Waals surface area (Å²) < 4.78 is 0. The molecule has 0 spiro atoms. The highest BCUT2D eigenvalue weighted by atomic mass is 16.3. The molecular weight excluding hydrogens is 220 g/mol. The van der Waals surface area contributed by atoms with Crippen molar-refractivity contribution >= 4 is 11.7 Å². The van der Waals surface area contributed by atoms with Crippen LogP contribution in [-0.2, 0) is 0 Å². The van der Waals surface area contributed by atoms with E-state index < -0.39 is 5.60 Å². The second kappa shape index (κ2) is 4.75. The molecule has 0 aromatic carbocycles. The zero-order chi connectivity index (χ0) is 12.3. The summed E-state index contributed by atoms with van der Waals surface area (Å²) in [7, 11) is 0. The second-order valence-electron chi connectivity index (χ2n) is 4.67. The minimum Gasteiger partial charge on any atom is -0.388 e. The third-order valence-corrected chi connectivity index (χ3v) is 3.20. The molecule has 0 atom stereocenters. The summed E-state index contributed by atoms with van der Waals surface area (Å²) in [6.45, 7) is 0.282. The van der Waals surface area contributed by atoms with Crippen LogP contribution in [0.2, 0.25) is 0 Å². The van der Waals surface area contributed by atoms with Gasteiger partial charge in [0.1, 0.15) is 11.5 Å². The Balaban J connectivity index is 1.87. The lowest BCUT2D eigenvalue weighted by Crippen LogP contribution is -2.44. The lowest BCUT2D eigenvalue weighted by atomic mass is 9.85. The van der Waals surface area contributed by atoms with Crippen LogP contribution in [0.25, 0.3) is 0 Å². The van der Waals surface area contributed by atoms with Gasteiger partial charge < -0.3 is 16.2 Å². The number of rotatable bonds is 3. The van der Waals surface area contributed by atoms with E-state index in [-0.39, 0.29) is 18.3 Å². The van der Waals surface area contributed by atoms with Gasteiger partial charge in [-0.25, -0.2) is 0 Å². The van der Waals surface area contributed by atoms with E-state index in [1.165, 1.54) is 6.07 Å².